The molecule has 0 atom stereocenters. The van der Waals surface area contributed by atoms with Crippen molar-refractivity contribution in [1.29, 1.82) is 0 Å². The molecule has 0 spiro atoms. The van der Waals surface area contributed by atoms with E-state index >= 15 is 0 Å². The zero-order valence-corrected chi connectivity index (χ0v) is 15.2. The Hall–Kier alpha value is -0.570. The molecular formula is C13H27IN4O2. The van der Waals surface area contributed by atoms with Gasteiger partial charge in [0, 0.05) is 33.8 Å². The minimum Gasteiger partial charge on any atom is -0.383 e. The molecule has 7 heteroatoms. The lowest BCUT2D eigenvalue weighted by Gasteiger charge is -2.23. The predicted octanol–water partition coefficient (Wildman–Crippen LogP) is 0.674. The number of methoxy groups -OCH3 is 1. The molecule has 0 unspecified atom stereocenters. The van der Waals surface area contributed by atoms with Gasteiger partial charge in [0.1, 0.15) is 0 Å². The van der Waals surface area contributed by atoms with Crippen molar-refractivity contribution >= 4 is 35.8 Å². The number of amides is 1. The number of carbonyl (C=O) groups excluding carboxylic acids is 1. The Labute approximate surface area is 138 Å². The van der Waals surface area contributed by atoms with Gasteiger partial charge < -0.3 is 20.3 Å². The molecule has 0 saturated carbocycles. The SMILES string of the molecule is CN=C(NCC(=O)NCCOC)N1CCC(C)(C)C1.I. The Morgan fingerprint density at radius 2 is 2.10 bits per heavy atom. The largest absolute Gasteiger partial charge is 0.383 e. The number of nitrogens with one attached hydrogen (secondary N) is 2. The molecule has 1 amide bonds. The molecule has 0 bridgehead atoms. The molecule has 118 valence electrons. The van der Waals surface area contributed by atoms with Crippen molar-refractivity contribution in [2.45, 2.75) is 20.3 Å². The number of hydrogen-bond donors (Lipinski definition) is 2. The quantitative estimate of drug-likeness (QED) is 0.309. The number of aliphatic imine (C=N–C) groups is 1. The lowest BCUT2D eigenvalue weighted by molar-refractivity contribution is -0.120. The summed E-state index contributed by atoms with van der Waals surface area (Å²) in [5.74, 6) is 0.754. The number of rotatable bonds is 5. The summed E-state index contributed by atoms with van der Waals surface area (Å²) in [7, 11) is 3.36. The van der Waals surface area contributed by atoms with E-state index in [9.17, 15) is 4.79 Å². The van der Waals surface area contributed by atoms with Crippen LogP contribution in [-0.4, -0.2) is 63.7 Å². The topological polar surface area (TPSA) is 66.0 Å². The Kier molecular flexibility index (Phi) is 9.11. The maximum absolute atomic E-state index is 11.6. The predicted molar refractivity (Wildman–Crippen MR) is 91.6 cm³/mol. The van der Waals surface area contributed by atoms with E-state index in [2.05, 4.69) is 34.4 Å². The van der Waals surface area contributed by atoms with Gasteiger partial charge in [-0.1, -0.05) is 13.8 Å². The van der Waals surface area contributed by atoms with Crippen LogP contribution in [0.1, 0.15) is 20.3 Å². The van der Waals surface area contributed by atoms with E-state index < -0.39 is 0 Å². The third kappa shape index (κ3) is 6.74. The summed E-state index contributed by atoms with van der Waals surface area (Å²) in [5, 5.41) is 5.87. The highest BCUT2D eigenvalue weighted by Crippen LogP contribution is 2.28. The van der Waals surface area contributed by atoms with Crippen molar-refractivity contribution in [3.8, 4) is 0 Å². The summed E-state index contributed by atoms with van der Waals surface area (Å²) in [6.07, 6.45) is 1.15. The molecule has 1 saturated heterocycles. The minimum absolute atomic E-state index is 0. The van der Waals surface area contributed by atoms with Crippen molar-refractivity contribution < 1.29 is 9.53 Å². The second kappa shape index (κ2) is 9.38. The summed E-state index contributed by atoms with van der Waals surface area (Å²) < 4.78 is 4.88. The number of halogens is 1. The summed E-state index contributed by atoms with van der Waals surface area (Å²) in [4.78, 5) is 18.0. The van der Waals surface area contributed by atoms with Crippen LogP contribution in [0.4, 0.5) is 0 Å². The normalized spacial score (nSPS) is 17.6. The molecule has 1 rings (SSSR count). The number of hydrogen-bond acceptors (Lipinski definition) is 3. The summed E-state index contributed by atoms with van der Waals surface area (Å²) >= 11 is 0. The molecule has 1 aliphatic rings. The van der Waals surface area contributed by atoms with E-state index in [1.807, 2.05) is 0 Å². The van der Waals surface area contributed by atoms with Crippen molar-refractivity contribution in [2.24, 2.45) is 10.4 Å². The van der Waals surface area contributed by atoms with Gasteiger partial charge in [0.05, 0.1) is 13.2 Å². The van der Waals surface area contributed by atoms with Crippen LogP contribution in [0, 0.1) is 5.41 Å². The van der Waals surface area contributed by atoms with Crippen molar-refractivity contribution in [2.75, 3.05) is 46.9 Å². The highest BCUT2D eigenvalue weighted by Gasteiger charge is 2.30. The van der Waals surface area contributed by atoms with Gasteiger partial charge in [0.2, 0.25) is 5.91 Å². The molecule has 0 aromatic carbocycles. The van der Waals surface area contributed by atoms with Crippen molar-refractivity contribution in [1.82, 2.24) is 15.5 Å². The van der Waals surface area contributed by atoms with Crippen LogP contribution in [0.5, 0.6) is 0 Å². The van der Waals surface area contributed by atoms with E-state index in [1.54, 1.807) is 14.2 Å². The van der Waals surface area contributed by atoms with E-state index in [4.69, 9.17) is 4.74 Å². The second-order valence-corrected chi connectivity index (χ2v) is 5.58. The number of nitrogens with zero attached hydrogens (tertiary/aromatic N) is 2. The number of guanidine groups is 1. The molecule has 0 aromatic heterocycles. The van der Waals surface area contributed by atoms with E-state index in [-0.39, 0.29) is 36.4 Å². The second-order valence-electron chi connectivity index (χ2n) is 5.58. The molecule has 1 fully saturated rings. The first-order valence-electron chi connectivity index (χ1n) is 6.70. The van der Waals surface area contributed by atoms with Crippen LogP contribution in [0.3, 0.4) is 0 Å². The molecule has 0 aliphatic carbocycles. The van der Waals surface area contributed by atoms with Gasteiger partial charge in [0.25, 0.3) is 0 Å². The van der Waals surface area contributed by atoms with E-state index in [0.717, 1.165) is 25.5 Å². The maximum Gasteiger partial charge on any atom is 0.239 e. The lowest BCUT2D eigenvalue weighted by atomic mass is 9.93. The number of carbonyl (C=O) groups is 1. The van der Waals surface area contributed by atoms with E-state index in [0.29, 0.717) is 18.6 Å². The molecule has 2 N–H and O–H groups in total. The van der Waals surface area contributed by atoms with Crippen molar-refractivity contribution in [3.05, 3.63) is 0 Å². The van der Waals surface area contributed by atoms with Gasteiger partial charge >= 0.3 is 0 Å². The summed E-state index contributed by atoms with van der Waals surface area (Å²) in [6, 6.07) is 0. The molecule has 0 aromatic rings. The first-order valence-corrected chi connectivity index (χ1v) is 6.70. The Balaban J connectivity index is 0.00000361. The van der Waals surface area contributed by atoms with Crippen LogP contribution in [0.15, 0.2) is 4.99 Å². The number of ether oxygens (including phenoxy) is 1. The average molecular weight is 398 g/mol. The maximum atomic E-state index is 11.6. The fraction of sp³-hybridized carbons (Fsp3) is 0.846. The van der Waals surface area contributed by atoms with Gasteiger partial charge in [0.15, 0.2) is 5.96 Å². The van der Waals surface area contributed by atoms with Gasteiger partial charge in [-0.3, -0.25) is 9.79 Å². The fourth-order valence-corrected chi connectivity index (χ4v) is 2.14. The molecule has 20 heavy (non-hydrogen) atoms. The molecule has 1 aliphatic heterocycles. The standard InChI is InChI=1S/C13H26N4O2.HI/c1-13(2)5-7-17(10-13)12(14-3)16-9-11(18)15-6-8-19-4;/h5-10H2,1-4H3,(H,14,16)(H,15,18);1H. The Morgan fingerprint density at radius 1 is 1.40 bits per heavy atom. The van der Waals surface area contributed by atoms with Crippen molar-refractivity contribution in [3.63, 3.8) is 0 Å². The molecule has 0 radical (unpaired) electrons. The van der Waals surface area contributed by atoms with Gasteiger partial charge in [-0.25, -0.2) is 0 Å². The molecule has 1 heterocycles. The smallest absolute Gasteiger partial charge is 0.239 e. The minimum atomic E-state index is -0.0448. The van der Waals surface area contributed by atoms with Crippen LogP contribution >= 0.6 is 24.0 Å². The first kappa shape index (κ1) is 19.4. The van der Waals surface area contributed by atoms with Crippen LogP contribution < -0.4 is 10.6 Å². The number of likely N-dealkylation sites (tertiary alicyclic amines) is 1. The lowest BCUT2D eigenvalue weighted by Crippen LogP contribution is -2.45. The highest BCUT2D eigenvalue weighted by atomic mass is 127. The summed E-state index contributed by atoms with van der Waals surface area (Å²) in [5.41, 5.74) is 0.318. The Morgan fingerprint density at radius 3 is 2.60 bits per heavy atom. The highest BCUT2D eigenvalue weighted by molar-refractivity contribution is 14.0. The third-order valence-electron chi connectivity index (χ3n) is 3.22. The zero-order valence-electron chi connectivity index (χ0n) is 12.9. The van der Waals surface area contributed by atoms with Crippen LogP contribution in [0.2, 0.25) is 0 Å². The average Bonchev–Trinajstić information content (AvgIpc) is 2.71. The third-order valence-corrected chi connectivity index (χ3v) is 3.22. The van der Waals surface area contributed by atoms with E-state index in [1.165, 1.54) is 0 Å². The zero-order chi connectivity index (χ0) is 14.3. The van der Waals surface area contributed by atoms with Crippen LogP contribution in [0.25, 0.3) is 0 Å². The van der Waals surface area contributed by atoms with Crippen LogP contribution in [-0.2, 0) is 9.53 Å². The summed E-state index contributed by atoms with van der Waals surface area (Å²) in [6.45, 7) is 7.76. The molecule has 6 nitrogen and oxygen atoms in total. The molecular weight excluding hydrogens is 371 g/mol. The monoisotopic (exact) mass is 398 g/mol. The van der Waals surface area contributed by atoms with Gasteiger partial charge in [-0.15, -0.1) is 24.0 Å². The van der Waals surface area contributed by atoms with Gasteiger partial charge in [-0.2, -0.15) is 0 Å². The fourth-order valence-electron chi connectivity index (χ4n) is 2.14. The Bertz CT molecular complexity index is 334. The first-order chi connectivity index (χ1) is 8.98. The van der Waals surface area contributed by atoms with Gasteiger partial charge in [-0.05, 0) is 11.8 Å².